The second-order valence-corrected chi connectivity index (χ2v) is 7.57. The summed E-state index contributed by atoms with van der Waals surface area (Å²) < 4.78 is 0. The summed E-state index contributed by atoms with van der Waals surface area (Å²) in [5.41, 5.74) is 10.3. The van der Waals surface area contributed by atoms with Crippen LogP contribution in [0, 0.1) is 0 Å². The molecule has 7 heteroatoms. The van der Waals surface area contributed by atoms with Gasteiger partial charge in [0.2, 0.25) is 0 Å². The van der Waals surface area contributed by atoms with Gasteiger partial charge in [-0.25, -0.2) is 0 Å². The molecule has 0 saturated heterocycles. The molecule has 1 aliphatic heterocycles. The van der Waals surface area contributed by atoms with Gasteiger partial charge in [-0.1, -0.05) is 23.2 Å². The van der Waals surface area contributed by atoms with E-state index in [0.717, 1.165) is 33.7 Å². The lowest BCUT2D eigenvalue weighted by atomic mass is 10.0. The average molecular weight is 403 g/mol. The molecule has 0 unspecified atom stereocenters. The standard InChI is InChI=1S/C20H20Cl2N4O/c21-13-1-2-18-17(10-13)16-3-6-26(11-19(16)25-18)20(27)12-7-14(22)9-15(8-12)24-5-4-23/h1-2,7-10,24-25H,3-6,11,23H2. The number of nitrogens with one attached hydrogen (secondary N) is 2. The van der Waals surface area contributed by atoms with Crippen LogP contribution in [0.1, 0.15) is 21.6 Å². The third-order valence-corrected chi connectivity index (χ3v) is 5.30. The Morgan fingerprint density at radius 3 is 2.85 bits per heavy atom. The predicted octanol–water partition coefficient (Wildman–Crippen LogP) is 4.04. The largest absolute Gasteiger partial charge is 0.384 e. The Bertz CT molecular complexity index is 1010. The molecule has 1 amide bonds. The van der Waals surface area contributed by atoms with Gasteiger partial charge in [-0.3, -0.25) is 4.79 Å². The summed E-state index contributed by atoms with van der Waals surface area (Å²) in [6.45, 7) is 2.33. The molecule has 0 radical (unpaired) electrons. The van der Waals surface area contributed by atoms with Crippen molar-refractivity contribution in [3.8, 4) is 0 Å². The molecular weight excluding hydrogens is 383 g/mol. The van der Waals surface area contributed by atoms with E-state index in [4.69, 9.17) is 28.9 Å². The average Bonchev–Trinajstić information content (AvgIpc) is 3.02. The molecule has 0 spiro atoms. The van der Waals surface area contributed by atoms with Crippen molar-refractivity contribution in [3.05, 3.63) is 63.3 Å². The highest BCUT2D eigenvalue weighted by molar-refractivity contribution is 6.31. The second kappa shape index (κ2) is 7.43. The molecule has 1 aliphatic rings. The van der Waals surface area contributed by atoms with Gasteiger partial charge in [0.05, 0.1) is 6.54 Å². The van der Waals surface area contributed by atoms with Crippen LogP contribution in [0.25, 0.3) is 10.9 Å². The number of fused-ring (bicyclic) bond motifs is 3. The van der Waals surface area contributed by atoms with E-state index in [9.17, 15) is 4.79 Å². The van der Waals surface area contributed by atoms with Crippen molar-refractivity contribution in [2.24, 2.45) is 5.73 Å². The van der Waals surface area contributed by atoms with Crippen LogP contribution in [-0.4, -0.2) is 35.4 Å². The van der Waals surface area contributed by atoms with E-state index in [1.54, 1.807) is 12.1 Å². The smallest absolute Gasteiger partial charge is 0.254 e. The molecule has 0 aliphatic carbocycles. The Hall–Kier alpha value is -2.21. The van der Waals surface area contributed by atoms with E-state index in [1.807, 2.05) is 29.2 Å². The number of carbonyl (C=O) groups excluding carboxylic acids is 1. The summed E-state index contributed by atoms with van der Waals surface area (Å²) in [5.74, 6) is -0.0318. The molecule has 140 valence electrons. The van der Waals surface area contributed by atoms with Gasteiger partial charge in [0.25, 0.3) is 5.91 Å². The molecule has 4 rings (SSSR count). The zero-order valence-electron chi connectivity index (χ0n) is 14.7. The van der Waals surface area contributed by atoms with Gasteiger partial charge in [-0.15, -0.1) is 0 Å². The lowest BCUT2D eigenvalue weighted by Crippen LogP contribution is -2.35. The minimum Gasteiger partial charge on any atom is -0.384 e. The highest BCUT2D eigenvalue weighted by Crippen LogP contribution is 2.30. The molecule has 3 aromatic rings. The Morgan fingerprint density at radius 2 is 2.04 bits per heavy atom. The van der Waals surface area contributed by atoms with E-state index in [-0.39, 0.29) is 5.91 Å². The third kappa shape index (κ3) is 3.63. The summed E-state index contributed by atoms with van der Waals surface area (Å²) in [6.07, 6.45) is 0.792. The number of hydrogen-bond donors (Lipinski definition) is 3. The number of nitrogens with zero attached hydrogens (tertiary/aromatic N) is 1. The number of nitrogens with two attached hydrogens (primary N) is 1. The molecule has 0 fully saturated rings. The first-order valence-electron chi connectivity index (χ1n) is 8.88. The van der Waals surface area contributed by atoms with Crippen LogP contribution in [0.2, 0.25) is 10.0 Å². The van der Waals surface area contributed by atoms with Gasteiger partial charge < -0.3 is 20.9 Å². The van der Waals surface area contributed by atoms with Gasteiger partial charge in [0.15, 0.2) is 0 Å². The van der Waals surface area contributed by atoms with Gasteiger partial charge >= 0.3 is 0 Å². The van der Waals surface area contributed by atoms with Crippen LogP contribution in [-0.2, 0) is 13.0 Å². The first-order chi connectivity index (χ1) is 13.0. The SMILES string of the molecule is NCCNc1cc(Cl)cc(C(=O)N2CCc3c([nH]c4ccc(Cl)cc34)C2)c1. The highest BCUT2D eigenvalue weighted by Gasteiger charge is 2.25. The first-order valence-corrected chi connectivity index (χ1v) is 9.63. The normalized spacial score (nSPS) is 13.7. The number of benzene rings is 2. The maximum absolute atomic E-state index is 13.0. The Balaban J connectivity index is 1.59. The van der Waals surface area contributed by atoms with Crippen LogP contribution in [0.3, 0.4) is 0 Å². The zero-order chi connectivity index (χ0) is 19.0. The molecule has 2 heterocycles. The second-order valence-electron chi connectivity index (χ2n) is 6.69. The molecule has 0 atom stereocenters. The number of aromatic amines is 1. The molecule has 0 bridgehead atoms. The summed E-state index contributed by atoms with van der Waals surface area (Å²) in [5, 5.41) is 5.56. The van der Waals surface area contributed by atoms with Crippen molar-refractivity contribution >= 4 is 45.7 Å². The maximum atomic E-state index is 13.0. The number of anilines is 1. The number of carbonyl (C=O) groups is 1. The molecular formula is C20H20Cl2N4O. The van der Waals surface area contributed by atoms with Crippen LogP contribution >= 0.6 is 23.2 Å². The van der Waals surface area contributed by atoms with Crippen molar-refractivity contribution in [2.45, 2.75) is 13.0 Å². The molecule has 2 aromatic carbocycles. The highest BCUT2D eigenvalue weighted by atomic mass is 35.5. The molecule has 4 N–H and O–H groups in total. The van der Waals surface area contributed by atoms with Gasteiger partial charge in [0, 0.05) is 57.5 Å². The summed E-state index contributed by atoms with van der Waals surface area (Å²) in [7, 11) is 0. The van der Waals surface area contributed by atoms with Crippen molar-refractivity contribution < 1.29 is 4.79 Å². The number of hydrogen-bond acceptors (Lipinski definition) is 3. The van der Waals surface area contributed by atoms with E-state index in [1.165, 1.54) is 5.56 Å². The number of aromatic nitrogens is 1. The fourth-order valence-electron chi connectivity index (χ4n) is 3.60. The predicted molar refractivity (Wildman–Crippen MR) is 111 cm³/mol. The number of H-pyrrole nitrogens is 1. The fourth-order valence-corrected chi connectivity index (χ4v) is 4.01. The van der Waals surface area contributed by atoms with Gasteiger partial charge in [0.1, 0.15) is 0 Å². The van der Waals surface area contributed by atoms with Crippen molar-refractivity contribution in [2.75, 3.05) is 25.0 Å². The molecule has 1 aromatic heterocycles. The Kier molecular flexibility index (Phi) is 5.00. The zero-order valence-corrected chi connectivity index (χ0v) is 16.2. The molecule has 0 saturated carbocycles. The number of halogens is 2. The minimum absolute atomic E-state index is 0.0318. The van der Waals surface area contributed by atoms with E-state index in [2.05, 4.69) is 10.3 Å². The molecule has 5 nitrogen and oxygen atoms in total. The topological polar surface area (TPSA) is 74.2 Å². The Labute approximate surface area is 167 Å². The van der Waals surface area contributed by atoms with Crippen molar-refractivity contribution in [1.82, 2.24) is 9.88 Å². The van der Waals surface area contributed by atoms with E-state index in [0.29, 0.717) is 36.8 Å². The third-order valence-electron chi connectivity index (χ3n) is 4.84. The lowest BCUT2D eigenvalue weighted by molar-refractivity contribution is 0.0733. The molecule has 27 heavy (non-hydrogen) atoms. The van der Waals surface area contributed by atoms with Gasteiger partial charge in [-0.05, 0) is 48.4 Å². The summed E-state index contributed by atoms with van der Waals surface area (Å²) in [4.78, 5) is 18.3. The number of rotatable bonds is 4. The van der Waals surface area contributed by atoms with Crippen LogP contribution in [0.5, 0.6) is 0 Å². The maximum Gasteiger partial charge on any atom is 0.254 e. The number of amides is 1. The van der Waals surface area contributed by atoms with Crippen molar-refractivity contribution in [1.29, 1.82) is 0 Å². The van der Waals surface area contributed by atoms with Crippen LogP contribution in [0.15, 0.2) is 36.4 Å². The van der Waals surface area contributed by atoms with Crippen LogP contribution in [0.4, 0.5) is 5.69 Å². The monoisotopic (exact) mass is 402 g/mol. The van der Waals surface area contributed by atoms with Crippen LogP contribution < -0.4 is 11.1 Å². The minimum atomic E-state index is -0.0318. The fraction of sp³-hybridized carbons (Fsp3) is 0.250. The van der Waals surface area contributed by atoms with Gasteiger partial charge in [-0.2, -0.15) is 0 Å². The van der Waals surface area contributed by atoms with Crippen molar-refractivity contribution in [3.63, 3.8) is 0 Å². The van der Waals surface area contributed by atoms with E-state index < -0.39 is 0 Å². The Morgan fingerprint density at radius 1 is 1.19 bits per heavy atom. The summed E-state index contributed by atoms with van der Waals surface area (Å²) in [6, 6.07) is 11.2. The first kappa shape index (κ1) is 18.2. The lowest BCUT2D eigenvalue weighted by Gasteiger charge is -2.27. The van der Waals surface area contributed by atoms with E-state index >= 15 is 0 Å². The summed E-state index contributed by atoms with van der Waals surface area (Å²) >= 11 is 12.3. The quantitative estimate of drug-likeness (QED) is 0.616.